The molecular formula is C20H17FN2O3. The SMILES string of the molecule is COc1cc(NC(=O)c2cncc(-c3ccc(F)cc3)c2)cc(OC)c1. The maximum absolute atomic E-state index is 13.1. The van der Waals surface area contributed by atoms with Gasteiger partial charge in [0.1, 0.15) is 17.3 Å². The minimum Gasteiger partial charge on any atom is -0.497 e. The number of anilines is 1. The fraction of sp³-hybridized carbons (Fsp3) is 0.100. The predicted molar refractivity (Wildman–Crippen MR) is 97.1 cm³/mol. The Morgan fingerprint density at radius 3 is 2.19 bits per heavy atom. The summed E-state index contributed by atoms with van der Waals surface area (Å²) in [5, 5.41) is 2.80. The number of rotatable bonds is 5. The number of hydrogen-bond acceptors (Lipinski definition) is 4. The third-order valence-corrected chi connectivity index (χ3v) is 3.79. The zero-order chi connectivity index (χ0) is 18.5. The quantitative estimate of drug-likeness (QED) is 0.749. The van der Waals surface area contributed by atoms with E-state index in [1.807, 2.05) is 0 Å². The molecule has 5 nitrogen and oxygen atoms in total. The Morgan fingerprint density at radius 2 is 1.58 bits per heavy atom. The van der Waals surface area contributed by atoms with Crippen LogP contribution in [-0.4, -0.2) is 25.1 Å². The number of hydrogen-bond donors (Lipinski definition) is 1. The lowest BCUT2D eigenvalue weighted by molar-refractivity contribution is 0.102. The molecule has 0 spiro atoms. The van der Waals surface area contributed by atoms with Gasteiger partial charge in [0.25, 0.3) is 5.91 Å². The molecule has 0 unspecified atom stereocenters. The normalized spacial score (nSPS) is 10.3. The van der Waals surface area contributed by atoms with E-state index < -0.39 is 0 Å². The molecule has 0 saturated heterocycles. The van der Waals surface area contributed by atoms with Crippen molar-refractivity contribution in [2.75, 3.05) is 19.5 Å². The summed E-state index contributed by atoms with van der Waals surface area (Å²) >= 11 is 0. The van der Waals surface area contributed by atoms with Crippen molar-refractivity contribution in [3.05, 3.63) is 72.3 Å². The minimum absolute atomic E-state index is 0.317. The van der Waals surface area contributed by atoms with Crippen molar-refractivity contribution in [3.63, 3.8) is 0 Å². The summed E-state index contributed by atoms with van der Waals surface area (Å²) in [5.41, 5.74) is 2.42. The van der Waals surface area contributed by atoms with Crippen LogP contribution in [0.15, 0.2) is 60.9 Å². The monoisotopic (exact) mass is 352 g/mol. The molecule has 0 aliphatic heterocycles. The summed E-state index contributed by atoms with van der Waals surface area (Å²) in [6.07, 6.45) is 3.10. The van der Waals surface area contributed by atoms with Crippen LogP contribution < -0.4 is 14.8 Å². The molecule has 2 aromatic carbocycles. The highest BCUT2D eigenvalue weighted by Crippen LogP contribution is 2.26. The maximum atomic E-state index is 13.1. The second kappa shape index (κ2) is 7.65. The molecule has 1 heterocycles. The van der Waals surface area contributed by atoms with Crippen LogP contribution in [0, 0.1) is 5.82 Å². The standard InChI is InChI=1S/C20H17FN2O3/c1-25-18-8-17(9-19(10-18)26-2)23-20(24)15-7-14(11-22-12-15)13-3-5-16(21)6-4-13/h3-12H,1-2H3,(H,23,24). The van der Waals surface area contributed by atoms with Gasteiger partial charge in [-0.2, -0.15) is 0 Å². The number of benzene rings is 2. The Kier molecular flexibility index (Phi) is 5.12. The molecule has 0 fully saturated rings. The van der Waals surface area contributed by atoms with Crippen molar-refractivity contribution < 1.29 is 18.7 Å². The van der Waals surface area contributed by atoms with Gasteiger partial charge in [0, 0.05) is 41.8 Å². The number of amides is 1. The van der Waals surface area contributed by atoms with Crippen LogP contribution in [-0.2, 0) is 0 Å². The molecule has 1 N–H and O–H groups in total. The van der Waals surface area contributed by atoms with E-state index in [-0.39, 0.29) is 11.7 Å². The third kappa shape index (κ3) is 3.97. The Balaban J connectivity index is 1.84. The first-order valence-electron chi connectivity index (χ1n) is 7.84. The first kappa shape index (κ1) is 17.4. The van der Waals surface area contributed by atoms with E-state index in [1.54, 1.807) is 42.6 Å². The number of halogens is 1. The smallest absolute Gasteiger partial charge is 0.257 e. The largest absolute Gasteiger partial charge is 0.497 e. The van der Waals surface area contributed by atoms with E-state index in [9.17, 15) is 9.18 Å². The highest BCUT2D eigenvalue weighted by atomic mass is 19.1. The summed E-state index contributed by atoms with van der Waals surface area (Å²) < 4.78 is 23.5. The molecule has 0 aliphatic rings. The van der Waals surface area contributed by atoms with E-state index in [0.717, 1.165) is 11.1 Å². The van der Waals surface area contributed by atoms with Crippen molar-refractivity contribution in [3.8, 4) is 22.6 Å². The van der Waals surface area contributed by atoms with Crippen molar-refractivity contribution in [1.29, 1.82) is 0 Å². The molecule has 3 rings (SSSR count). The fourth-order valence-corrected chi connectivity index (χ4v) is 2.45. The third-order valence-electron chi connectivity index (χ3n) is 3.79. The van der Waals surface area contributed by atoms with Gasteiger partial charge in [-0.05, 0) is 23.8 Å². The summed E-state index contributed by atoms with van der Waals surface area (Å²) in [7, 11) is 3.08. The van der Waals surface area contributed by atoms with Crippen LogP contribution in [0.5, 0.6) is 11.5 Å². The first-order valence-corrected chi connectivity index (χ1v) is 7.84. The molecule has 132 valence electrons. The van der Waals surface area contributed by atoms with Crippen LogP contribution in [0.1, 0.15) is 10.4 Å². The van der Waals surface area contributed by atoms with Gasteiger partial charge in [-0.25, -0.2) is 4.39 Å². The number of ether oxygens (including phenoxy) is 2. The van der Waals surface area contributed by atoms with Crippen molar-refractivity contribution >= 4 is 11.6 Å². The van der Waals surface area contributed by atoms with Crippen molar-refractivity contribution in [2.45, 2.75) is 0 Å². The Hall–Kier alpha value is -3.41. The fourth-order valence-electron chi connectivity index (χ4n) is 2.45. The zero-order valence-electron chi connectivity index (χ0n) is 14.3. The second-order valence-corrected chi connectivity index (χ2v) is 5.52. The molecule has 6 heteroatoms. The van der Waals surface area contributed by atoms with Gasteiger partial charge in [0.05, 0.1) is 19.8 Å². The summed E-state index contributed by atoms with van der Waals surface area (Å²) in [6, 6.07) is 12.8. The first-order chi connectivity index (χ1) is 12.6. The molecule has 0 aliphatic carbocycles. The number of carbonyl (C=O) groups is 1. The Labute approximate surface area is 150 Å². The topological polar surface area (TPSA) is 60.5 Å². The minimum atomic E-state index is -0.322. The van der Waals surface area contributed by atoms with Crippen molar-refractivity contribution in [1.82, 2.24) is 4.98 Å². The molecule has 0 radical (unpaired) electrons. The molecule has 1 aromatic heterocycles. The lowest BCUT2D eigenvalue weighted by Crippen LogP contribution is -2.12. The molecule has 26 heavy (non-hydrogen) atoms. The number of methoxy groups -OCH3 is 2. The zero-order valence-corrected chi connectivity index (χ0v) is 14.3. The van der Waals surface area contributed by atoms with Crippen LogP contribution in [0.2, 0.25) is 0 Å². The summed E-state index contributed by atoms with van der Waals surface area (Å²) in [6.45, 7) is 0. The molecule has 0 atom stereocenters. The molecule has 0 saturated carbocycles. The highest BCUT2D eigenvalue weighted by molar-refractivity contribution is 6.04. The van der Waals surface area contributed by atoms with E-state index >= 15 is 0 Å². The second-order valence-electron chi connectivity index (χ2n) is 5.52. The molecule has 1 amide bonds. The van der Waals surface area contributed by atoms with E-state index in [2.05, 4.69) is 10.3 Å². The van der Waals surface area contributed by atoms with Crippen LogP contribution in [0.4, 0.5) is 10.1 Å². The van der Waals surface area contributed by atoms with Gasteiger partial charge in [-0.3, -0.25) is 9.78 Å². The van der Waals surface area contributed by atoms with Gasteiger partial charge in [0.2, 0.25) is 0 Å². The summed E-state index contributed by atoms with van der Waals surface area (Å²) in [5.74, 6) is 0.495. The number of carbonyl (C=O) groups excluding carboxylic acids is 1. The van der Waals surface area contributed by atoms with Gasteiger partial charge in [-0.15, -0.1) is 0 Å². The highest BCUT2D eigenvalue weighted by Gasteiger charge is 2.10. The van der Waals surface area contributed by atoms with Gasteiger partial charge < -0.3 is 14.8 Å². The number of nitrogens with one attached hydrogen (secondary N) is 1. The maximum Gasteiger partial charge on any atom is 0.257 e. The van der Waals surface area contributed by atoms with Crippen molar-refractivity contribution in [2.24, 2.45) is 0 Å². The van der Waals surface area contributed by atoms with Gasteiger partial charge in [0.15, 0.2) is 0 Å². The average Bonchev–Trinajstić information content (AvgIpc) is 2.68. The van der Waals surface area contributed by atoms with E-state index in [4.69, 9.17) is 9.47 Å². The lowest BCUT2D eigenvalue weighted by Gasteiger charge is -2.10. The van der Waals surface area contributed by atoms with E-state index in [0.29, 0.717) is 22.7 Å². The van der Waals surface area contributed by atoms with Crippen LogP contribution in [0.25, 0.3) is 11.1 Å². The Bertz CT molecular complexity index is 904. The predicted octanol–water partition coefficient (Wildman–Crippen LogP) is 4.16. The molecule has 3 aromatic rings. The van der Waals surface area contributed by atoms with Gasteiger partial charge >= 0.3 is 0 Å². The number of aromatic nitrogens is 1. The van der Waals surface area contributed by atoms with Crippen LogP contribution >= 0.6 is 0 Å². The average molecular weight is 352 g/mol. The summed E-state index contributed by atoms with van der Waals surface area (Å²) in [4.78, 5) is 16.7. The number of pyridine rings is 1. The van der Waals surface area contributed by atoms with Crippen LogP contribution in [0.3, 0.4) is 0 Å². The van der Waals surface area contributed by atoms with Gasteiger partial charge in [-0.1, -0.05) is 12.1 Å². The Morgan fingerprint density at radius 1 is 0.923 bits per heavy atom. The van der Waals surface area contributed by atoms with E-state index in [1.165, 1.54) is 32.5 Å². The number of nitrogens with zero attached hydrogens (tertiary/aromatic N) is 1. The molecular weight excluding hydrogens is 335 g/mol. The molecule has 0 bridgehead atoms. The lowest BCUT2D eigenvalue weighted by atomic mass is 10.1.